The highest BCUT2D eigenvalue weighted by atomic mass is 35.5. The fourth-order valence-electron chi connectivity index (χ4n) is 1.55. The molecule has 18 heavy (non-hydrogen) atoms. The van der Waals surface area contributed by atoms with Crippen LogP contribution in [0.3, 0.4) is 0 Å². The van der Waals surface area contributed by atoms with Gasteiger partial charge in [-0.05, 0) is 42.3 Å². The van der Waals surface area contributed by atoms with Gasteiger partial charge >= 0.3 is 0 Å². The van der Waals surface area contributed by atoms with Crippen LogP contribution in [0.1, 0.15) is 15.9 Å². The number of anilines is 1. The van der Waals surface area contributed by atoms with Gasteiger partial charge in [0.2, 0.25) is 5.22 Å². The van der Waals surface area contributed by atoms with Gasteiger partial charge in [-0.1, -0.05) is 6.07 Å². The van der Waals surface area contributed by atoms with E-state index in [1.165, 1.54) is 12.3 Å². The number of hydrogen-bond donors (Lipinski definition) is 1. The molecule has 0 fully saturated rings. The summed E-state index contributed by atoms with van der Waals surface area (Å²) in [5, 5.41) is 2.79. The number of methoxy groups -OCH3 is 1. The van der Waals surface area contributed by atoms with Crippen molar-refractivity contribution in [3.05, 3.63) is 46.9 Å². The van der Waals surface area contributed by atoms with Crippen LogP contribution in [0, 0.1) is 6.92 Å². The number of rotatable bonds is 3. The summed E-state index contributed by atoms with van der Waals surface area (Å²) in [7, 11) is 1.55. The minimum Gasteiger partial charge on any atom is -0.495 e. The van der Waals surface area contributed by atoms with Gasteiger partial charge in [0, 0.05) is 0 Å². The summed E-state index contributed by atoms with van der Waals surface area (Å²) in [4.78, 5) is 11.9. The van der Waals surface area contributed by atoms with Crippen molar-refractivity contribution in [1.82, 2.24) is 0 Å². The van der Waals surface area contributed by atoms with E-state index in [4.69, 9.17) is 20.8 Å². The molecule has 0 saturated carbocycles. The number of furan rings is 1. The summed E-state index contributed by atoms with van der Waals surface area (Å²) in [6.45, 7) is 1.95. The Bertz CT molecular complexity index is 577. The largest absolute Gasteiger partial charge is 0.495 e. The molecule has 0 bridgehead atoms. The number of amides is 1. The predicted octanol–water partition coefficient (Wildman–Crippen LogP) is 3.50. The maximum absolute atomic E-state index is 11.9. The first kappa shape index (κ1) is 12.5. The third kappa shape index (κ3) is 2.49. The van der Waals surface area contributed by atoms with E-state index in [1.54, 1.807) is 13.2 Å². The molecule has 0 aliphatic heterocycles. The molecule has 0 unspecified atom stereocenters. The van der Waals surface area contributed by atoms with Gasteiger partial charge < -0.3 is 14.5 Å². The summed E-state index contributed by atoms with van der Waals surface area (Å²) in [5.74, 6) is 0.263. The first-order chi connectivity index (χ1) is 8.61. The Labute approximate surface area is 110 Å². The molecule has 0 spiro atoms. The molecule has 1 N–H and O–H groups in total. The minimum absolute atomic E-state index is 0.0681. The van der Waals surface area contributed by atoms with Gasteiger partial charge in [0.05, 0.1) is 24.6 Å². The quantitative estimate of drug-likeness (QED) is 0.924. The molecule has 1 aromatic heterocycles. The summed E-state index contributed by atoms with van der Waals surface area (Å²) < 4.78 is 10.1. The highest BCUT2D eigenvalue weighted by molar-refractivity contribution is 6.32. The topological polar surface area (TPSA) is 51.5 Å². The molecule has 5 heteroatoms. The van der Waals surface area contributed by atoms with E-state index < -0.39 is 0 Å². The molecule has 94 valence electrons. The van der Waals surface area contributed by atoms with Crippen LogP contribution in [-0.4, -0.2) is 13.0 Å². The van der Waals surface area contributed by atoms with Gasteiger partial charge in [-0.15, -0.1) is 0 Å². The van der Waals surface area contributed by atoms with Crippen LogP contribution in [0.15, 0.2) is 34.9 Å². The summed E-state index contributed by atoms with van der Waals surface area (Å²) >= 11 is 5.74. The van der Waals surface area contributed by atoms with Crippen molar-refractivity contribution in [2.45, 2.75) is 6.92 Å². The standard InChI is InChI=1S/C13H12ClNO3/c1-8-3-4-10(11(7-8)17-2)15-13(16)9-5-6-18-12(9)14/h3-7H,1-2H3,(H,15,16). The highest BCUT2D eigenvalue weighted by Crippen LogP contribution is 2.26. The summed E-state index contributed by atoms with van der Waals surface area (Å²) in [5.41, 5.74) is 1.93. The molecule has 1 aromatic carbocycles. The van der Waals surface area contributed by atoms with Crippen LogP contribution < -0.4 is 10.1 Å². The number of aryl methyl sites for hydroxylation is 1. The third-order valence-electron chi connectivity index (χ3n) is 2.47. The van der Waals surface area contributed by atoms with Gasteiger partial charge in [0.1, 0.15) is 5.75 Å². The second kappa shape index (κ2) is 5.14. The molecule has 1 heterocycles. The second-order valence-electron chi connectivity index (χ2n) is 3.77. The number of ether oxygens (including phenoxy) is 1. The zero-order chi connectivity index (χ0) is 13.1. The van der Waals surface area contributed by atoms with E-state index in [9.17, 15) is 4.79 Å². The molecular formula is C13H12ClNO3. The number of halogens is 1. The lowest BCUT2D eigenvalue weighted by Gasteiger charge is -2.10. The Morgan fingerprint density at radius 2 is 2.17 bits per heavy atom. The lowest BCUT2D eigenvalue weighted by Crippen LogP contribution is -2.12. The lowest BCUT2D eigenvalue weighted by atomic mass is 10.2. The molecular weight excluding hydrogens is 254 g/mol. The van der Waals surface area contributed by atoms with E-state index in [-0.39, 0.29) is 11.1 Å². The third-order valence-corrected chi connectivity index (χ3v) is 2.76. The van der Waals surface area contributed by atoms with E-state index in [0.29, 0.717) is 17.0 Å². The average Bonchev–Trinajstić information content (AvgIpc) is 2.77. The van der Waals surface area contributed by atoms with Crippen LogP contribution in [-0.2, 0) is 0 Å². The number of carbonyl (C=O) groups is 1. The van der Waals surface area contributed by atoms with Crippen LogP contribution in [0.25, 0.3) is 0 Å². The van der Waals surface area contributed by atoms with Crippen molar-refractivity contribution in [3.63, 3.8) is 0 Å². The maximum Gasteiger partial charge on any atom is 0.260 e. The van der Waals surface area contributed by atoms with E-state index >= 15 is 0 Å². The summed E-state index contributed by atoms with van der Waals surface area (Å²) in [6, 6.07) is 7.01. The van der Waals surface area contributed by atoms with Crippen molar-refractivity contribution in [2.75, 3.05) is 12.4 Å². The minimum atomic E-state index is -0.337. The zero-order valence-electron chi connectivity index (χ0n) is 9.99. The van der Waals surface area contributed by atoms with Gasteiger partial charge in [-0.2, -0.15) is 0 Å². The molecule has 4 nitrogen and oxygen atoms in total. The molecule has 1 amide bonds. The Balaban J connectivity index is 2.24. The Hall–Kier alpha value is -1.94. The van der Waals surface area contributed by atoms with Crippen LogP contribution in [0.5, 0.6) is 5.75 Å². The van der Waals surface area contributed by atoms with Crippen molar-refractivity contribution in [1.29, 1.82) is 0 Å². The van der Waals surface area contributed by atoms with Gasteiger partial charge in [-0.25, -0.2) is 0 Å². The molecule has 0 radical (unpaired) electrons. The maximum atomic E-state index is 11.9. The summed E-state index contributed by atoms with van der Waals surface area (Å²) in [6.07, 6.45) is 1.36. The SMILES string of the molecule is COc1cc(C)ccc1NC(=O)c1ccoc1Cl. The van der Waals surface area contributed by atoms with Gasteiger partial charge in [0.25, 0.3) is 5.91 Å². The van der Waals surface area contributed by atoms with E-state index in [2.05, 4.69) is 5.32 Å². The monoisotopic (exact) mass is 265 g/mol. The number of benzene rings is 1. The molecule has 0 atom stereocenters. The van der Waals surface area contributed by atoms with E-state index in [0.717, 1.165) is 5.56 Å². The molecule has 2 rings (SSSR count). The fourth-order valence-corrected chi connectivity index (χ4v) is 1.75. The van der Waals surface area contributed by atoms with Crippen LogP contribution >= 0.6 is 11.6 Å². The first-order valence-electron chi connectivity index (χ1n) is 5.31. The predicted molar refractivity (Wildman–Crippen MR) is 69.4 cm³/mol. The lowest BCUT2D eigenvalue weighted by molar-refractivity contribution is 0.102. The molecule has 0 aliphatic rings. The van der Waals surface area contributed by atoms with Crippen molar-refractivity contribution in [2.24, 2.45) is 0 Å². The first-order valence-corrected chi connectivity index (χ1v) is 5.68. The Morgan fingerprint density at radius 1 is 1.39 bits per heavy atom. The number of nitrogens with one attached hydrogen (secondary N) is 1. The number of carbonyl (C=O) groups excluding carboxylic acids is 1. The molecule has 0 saturated heterocycles. The fraction of sp³-hybridized carbons (Fsp3) is 0.154. The zero-order valence-corrected chi connectivity index (χ0v) is 10.7. The van der Waals surface area contributed by atoms with E-state index in [1.807, 2.05) is 19.1 Å². The Kier molecular flexibility index (Phi) is 3.58. The average molecular weight is 266 g/mol. The van der Waals surface area contributed by atoms with Gasteiger partial charge in [0.15, 0.2) is 0 Å². The van der Waals surface area contributed by atoms with Gasteiger partial charge in [-0.3, -0.25) is 4.79 Å². The smallest absolute Gasteiger partial charge is 0.260 e. The Morgan fingerprint density at radius 3 is 2.78 bits per heavy atom. The normalized spacial score (nSPS) is 10.2. The molecule has 0 aliphatic carbocycles. The number of hydrogen-bond acceptors (Lipinski definition) is 3. The molecule has 2 aromatic rings. The van der Waals surface area contributed by atoms with Crippen LogP contribution in [0.4, 0.5) is 5.69 Å². The van der Waals surface area contributed by atoms with Crippen molar-refractivity contribution < 1.29 is 13.9 Å². The second-order valence-corrected chi connectivity index (χ2v) is 4.11. The van der Waals surface area contributed by atoms with Crippen molar-refractivity contribution >= 4 is 23.2 Å². The highest BCUT2D eigenvalue weighted by Gasteiger charge is 2.14. The van der Waals surface area contributed by atoms with Crippen LogP contribution in [0.2, 0.25) is 5.22 Å². The van der Waals surface area contributed by atoms with Crippen molar-refractivity contribution in [3.8, 4) is 5.75 Å².